The van der Waals surface area contributed by atoms with Crippen LogP contribution in [-0.2, 0) is 14.2 Å². The first kappa shape index (κ1) is 22.5. The van der Waals surface area contributed by atoms with E-state index in [-0.39, 0.29) is 23.6 Å². The number of halogens is 1. The third kappa shape index (κ3) is 4.76. The molecular formula is C24H31FO5. The zero-order valence-electron chi connectivity index (χ0n) is 18.4. The molecular weight excluding hydrogens is 387 g/mol. The van der Waals surface area contributed by atoms with Gasteiger partial charge in [-0.25, -0.2) is 9.18 Å². The smallest absolute Gasteiger partial charge is 0.339 e. The molecule has 0 radical (unpaired) electrons. The second-order valence-corrected chi connectivity index (χ2v) is 8.81. The molecule has 1 saturated heterocycles. The maximum absolute atomic E-state index is 15.0. The summed E-state index contributed by atoms with van der Waals surface area (Å²) < 4.78 is 32.7. The number of benzene rings is 1. The molecule has 2 aliphatic heterocycles. The fourth-order valence-corrected chi connectivity index (χ4v) is 4.03. The number of phenolic OH excluding ortho intramolecular Hbond substituents is 1. The highest BCUT2D eigenvalue weighted by Crippen LogP contribution is 2.37. The standard InChI is InChI=1S/C24H31FO5/c1-13-11-19(25)15(3)22-20(29-24(5,6)30-22)9-7-8-17-12-18(26)10-14(2)21(17)23(27)28-16(13)4/h7-8,10-13,15-16,20,22,26H,9H2,1-6H3/b8-7?,19-11+/t13-,15?,16+,20?,22?/m1/s1. The first-order chi connectivity index (χ1) is 14.0. The molecule has 2 aliphatic rings. The number of carbonyl (C=O) groups is 1. The third-order valence-electron chi connectivity index (χ3n) is 5.83. The minimum atomic E-state index is -0.809. The van der Waals surface area contributed by atoms with Gasteiger partial charge in [0.05, 0.1) is 17.8 Å². The predicted molar refractivity (Wildman–Crippen MR) is 113 cm³/mol. The number of cyclic esters (lactones) is 1. The lowest BCUT2D eigenvalue weighted by atomic mass is 9.93. The van der Waals surface area contributed by atoms with Crippen LogP contribution < -0.4 is 0 Å². The van der Waals surface area contributed by atoms with E-state index in [1.807, 2.05) is 26.8 Å². The first-order valence-corrected chi connectivity index (χ1v) is 10.4. The van der Waals surface area contributed by atoms with E-state index in [4.69, 9.17) is 14.2 Å². The number of phenols is 1. The summed E-state index contributed by atoms with van der Waals surface area (Å²) in [6.45, 7) is 10.7. The van der Waals surface area contributed by atoms with E-state index in [9.17, 15) is 9.90 Å². The second-order valence-electron chi connectivity index (χ2n) is 8.81. The molecule has 30 heavy (non-hydrogen) atoms. The molecule has 5 atom stereocenters. The molecule has 0 amide bonds. The van der Waals surface area contributed by atoms with Crippen LogP contribution in [0.4, 0.5) is 4.39 Å². The summed E-state index contributed by atoms with van der Waals surface area (Å²) in [6.07, 6.45) is 4.29. The zero-order chi connectivity index (χ0) is 22.2. The van der Waals surface area contributed by atoms with Crippen LogP contribution in [0.15, 0.2) is 30.1 Å². The van der Waals surface area contributed by atoms with Gasteiger partial charge in [-0.2, -0.15) is 0 Å². The summed E-state index contributed by atoms with van der Waals surface area (Å²) in [5.41, 5.74) is 1.57. The molecule has 0 aromatic heterocycles. The number of ether oxygens (including phenoxy) is 3. The Bertz CT molecular complexity index is 873. The van der Waals surface area contributed by atoms with Crippen molar-refractivity contribution in [3.8, 4) is 5.75 Å². The number of esters is 1. The number of carbonyl (C=O) groups excluding carboxylic acids is 1. The Morgan fingerprint density at radius 1 is 1.17 bits per heavy atom. The van der Waals surface area contributed by atoms with Crippen LogP contribution in [0, 0.1) is 18.8 Å². The lowest BCUT2D eigenvalue weighted by molar-refractivity contribution is -0.149. The van der Waals surface area contributed by atoms with Crippen molar-refractivity contribution in [2.24, 2.45) is 11.8 Å². The highest BCUT2D eigenvalue weighted by atomic mass is 19.1. The average molecular weight is 419 g/mol. The lowest BCUT2D eigenvalue weighted by Gasteiger charge is -2.24. The summed E-state index contributed by atoms with van der Waals surface area (Å²) in [5.74, 6) is -2.36. The van der Waals surface area contributed by atoms with Crippen LogP contribution in [0.5, 0.6) is 5.75 Å². The van der Waals surface area contributed by atoms with Crippen LogP contribution in [0.1, 0.15) is 62.5 Å². The highest BCUT2D eigenvalue weighted by Gasteiger charge is 2.44. The molecule has 1 aromatic rings. The van der Waals surface area contributed by atoms with Gasteiger partial charge in [0.1, 0.15) is 17.7 Å². The van der Waals surface area contributed by atoms with Crippen molar-refractivity contribution in [1.29, 1.82) is 0 Å². The SMILES string of the molecule is Cc1cc(O)cc2c1C(=O)O[C@@H](C)[C@H](C)/C=C(/F)C(C)C1OC(C)(C)OC1CC=C2. The van der Waals surface area contributed by atoms with Crippen LogP contribution in [0.3, 0.4) is 0 Å². The van der Waals surface area contributed by atoms with Gasteiger partial charge in [0.25, 0.3) is 0 Å². The minimum absolute atomic E-state index is 0.0734. The fourth-order valence-electron chi connectivity index (χ4n) is 4.03. The first-order valence-electron chi connectivity index (χ1n) is 10.4. The van der Waals surface area contributed by atoms with Crippen molar-refractivity contribution in [2.75, 3.05) is 0 Å². The molecule has 0 spiro atoms. The van der Waals surface area contributed by atoms with Crippen LogP contribution in [0.2, 0.25) is 0 Å². The molecule has 1 aromatic carbocycles. The van der Waals surface area contributed by atoms with Crippen LogP contribution in [0.25, 0.3) is 6.08 Å². The van der Waals surface area contributed by atoms with Crippen molar-refractivity contribution in [1.82, 2.24) is 0 Å². The van der Waals surface area contributed by atoms with E-state index < -0.39 is 29.9 Å². The van der Waals surface area contributed by atoms with Gasteiger partial charge in [0.15, 0.2) is 5.79 Å². The van der Waals surface area contributed by atoms with Crippen molar-refractivity contribution < 1.29 is 28.5 Å². The summed E-state index contributed by atoms with van der Waals surface area (Å²) in [4.78, 5) is 12.9. The van der Waals surface area contributed by atoms with Crippen molar-refractivity contribution >= 4 is 12.0 Å². The molecule has 1 N–H and O–H groups in total. The molecule has 1 fully saturated rings. The Balaban J connectivity index is 2.06. The van der Waals surface area contributed by atoms with Gasteiger partial charge < -0.3 is 19.3 Å². The van der Waals surface area contributed by atoms with E-state index >= 15 is 4.39 Å². The van der Waals surface area contributed by atoms with E-state index in [0.29, 0.717) is 23.1 Å². The van der Waals surface area contributed by atoms with Crippen LogP contribution in [-0.4, -0.2) is 35.2 Å². The largest absolute Gasteiger partial charge is 0.508 e. The molecule has 0 aliphatic carbocycles. The van der Waals surface area contributed by atoms with E-state index in [0.717, 1.165) is 0 Å². The fraction of sp³-hybridized carbons (Fsp3) is 0.542. The minimum Gasteiger partial charge on any atom is -0.508 e. The summed E-state index contributed by atoms with van der Waals surface area (Å²) in [6, 6.07) is 3.06. The molecule has 2 heterocycles. The van der Waals surface area contributed by atoms with Crippen molar-refractivity contribution in [3.63, 3.8) is 0 Å². The topological polar surface area (TPSA) is 65.0 Å². The summed E-state index contributed by atoms with van der Waals surface area (Å²) in [7, 11) is 0. The third-order valence-corrected chi connectivity index (χ3v) is 5.83. The average Bonchev–Trinajstić information content (AvgIpc) is 2.94. The number of rotatable bonds is 0. The van der Waals surface area contributed by atoms with Crippen LogP contribution >= 0.6 is 0 Å². The predicted octanol–water partition coefficient (Wildman–Crippen LogP) is 5.31. The van der Waals surface area contributed by atoms with Gasteiger partial charge in [-0.15, -0.1) is 0 Å². The number of hydrogen-bond donors (Lipinski definition) is 1. The molecule has 6 heteroatoms. The Morgan fingerprint density at radius 3 is 2.57 bits per heavy atom. The van der Waals surface area contributed by atoms with Gasteiger partial charge in [-0.05, 0) is 63.5 Å². The number of hydrogen-bond acceptors (Lipinski definition) is 5. The highest BCUT2D eigenvalue weighted by molar-refractivity contribution is 5.95. The Kier molecular flexibility index (Phi) is 6.39. The van der Waals surface area contributed by atoms with E-state index in [2.05, 4.69) is 0 Å². The molecule has 3 rings (SSSR count). The summed E-state index contributed by atoms with van der Waals surface area (Å²) >= 11 is 0. The van der Waals surface area contributed by atoms with Crippen molar-refractivity contribution in [3.05, 3.63) is 46.8 Å². The Labute approximate surface area is 177 Å². The molecule has 3 unspecified atom stereocenters. The van der Waals surface area contributed by atoms with Gasteiger partial charge in [-0.3, -0.25) is 0 Å². The number of aryl methyl sites for hydroxylation is 1. The van der Waals surface area contributed by atoms with Gasteiger partial charge >= 0.3 is 5.97 Å². The monoisotopic (exact) mass is 418 g/mol. The second kappa shape index (κ2) is 8.52. The molecule has 0 bridgehead atoms. The molecule has 0 saturated carbocycles. The quantitative estimate of drug-likeness (QED) is 0.579. The van der Waals surface area contributed by atoms with Crippen molar-refractivity contribution in [2.45, 2.75) is 72.1 Å². The van der Waals surface area contributed by atoms with Gasteiger partial charge in [0, 0.05) is 11.8 Å². The molecule has 5 nitrogen and oxygen atoms in total. The number of aromatic hydroxyl groups is 1. The molecule has 164 valence electrons. The summed E-state index contributed by atoms with van der Waals surface area (Å²) in [5, 5.41) is 10.0. The Morgan fingerprint density at radius 2 is 1.87 bits per heavy atom. The maximum Gasteiger partial charge on any atom is 0.339 e. The van der Waals surface area contributed by atoms with Gasteiger partial charge in [-0.1, -0.05) is 26.0 Å². The lowest BCUT2D eigenvalue weighted by Crippen LogP contribution is -2.30. The Hall–Kier alpha value is -2.18. The zero-order valence-corrected chi connectivity index (χ0v) is 18.4. The van der Waals surface area contributed by atoms with E-state index in [1.165, 1.54) is 18.2 Å². The van der Waals surface area contributed by atoms with E-state index in [1.54, 1.807) is 26.8 Å². The van der Waals surface area contributed by atoms with Gasteiger partial charge in [0.2, 0.25) is 0 Å². The normalized spacial score (nSPS) is 33.6. The maximum atomic E-state index is 15.0. The number of fused-ring (bicyclic) bond motifs is 2.